The molecule has 6 heteroatoms. The molecule has 0 bridgehead atoms. The van der Waals surface area contributed by atoms with Crippen molar-refractivity contribution in [3.63, 3.8) is 0 Å². The average Bonchev–Trinajstić information content (AvgIpc) is 2.51. The molecule has 2 amide bonds. The number of likely N-dealkylation sites (N-methyl/N-ethyl adjacent to an activating group) is 1. The van der Waals surface area contributed by atoms with Gasteiger partial charge in [0.1, 0.15) is 5.75 Å². The highest BCUT2D eigenvalue weighted by Crippen LogP contribution is 2.10. The van der Waals surface area contributed by atoms with Gasteiger partial charge in [-0.25, -0.2) is 0 Å². The van der Waals surface area contributed by atoms with Crippen molar-refractivity contribution in [2.24, 2.45) is 0 Å². The lowest BCUT2D eigenvalue weighted by molar-refractivity contribution is -0.886. The van der Waals surface area contributed by atoms with E-state index >= 15 is 0 Å². The summed E-state index contributed by atoms with van der Waals surface area (Å²) in [5.74, 6) is 0.664. The van der Waals surface area contributed by atoms with Crippen LogP contribution < -0.4 is 20.3 Å². The number of rotatable bonds is 8. The van der Waals surface area contributed by atoms with Crippen LogP contribution in [0.2, 0.25) is 0 Å². The average molecular weight is 322 g/mol. The molecule has 0 saturated carbocycles. The van der Waals surface area contributed by atoms with Crippen LogP contribution in [-0.4, -0.2) is 44.6 Å². The van der Waals surface area contributed by atoms with Gasteiger partial charge in [0.2, 0.25) is 0 Å². The van der Waals surface area contributed by atoms with E-state index in [0.29, 0.717) is 6.54 Å². The molecule has 0 radical (unpaired) electrons. The molecule has 0 aromatic heterocycles. The molecule has 1 aromatic rings. The lowest BCUT2D eigenvalue weighted by Crippen LogP contribution is -3.15. The zero-order chi connectivity index (χ0) is 17.4. The highest BCUT2D eigenvalue weighted by molar-refractivity contribution is 5.81. The zero-order valence-corrected chi connectivity index (χ0v) is 14.6. The van der Waals surface area contributed by atoms with Crippen LogP contribution in [0.1, 0.15) is 26.3 Å². The van der Waals surface area contributed by atoms with Crippen LogP contribution in [-0.2, 0) is 16.1 Å². The summed E-state index contributed by atoms with van der Waals surface area (Å²) in [5.41, 5.74) is 1.00. The quantitative estimate of drug-likeness (QED) is 0.617. The van der Waals surface area contributed by atoms with Gasteiger partial charge in [-0.15, -0.1) is 0 Å². The van der Waals surface area contributed by atoms with E-state index in [0.717, 1.165) is 16.2 Å². The number of nitrogens with one attached hydrogen (secondary N) is 3. The molecule has 0 aliphatic heterocycles. The van der Waals surface area contributed by atoms with Crippen molar-refractivity contribution in [3.8, 4) is 5.75 Å². The second-order valence-corrected chi connectivity index (χ2v) is 6.03. The number of amides is 2. The zero-order valence-electron chi connectivity index (χ0n) is 14.6. The van der Waals surface area contributed by atoms with E-state index in [9.17, 15) is 9.59 Å². The van der Waals surface area contributed by atoms with Gasteiger partial charge in [0, 0.05) is 12.6 Å². The van der Waals surface area contributed by atoms with E-state index in [-0.39, 0.29) is 30.4 Å². The molecular formula is C17H28N3O3+. The van der Waals surface area contributed by atoms with Gasteiger partial charge in [0.25, 0.3) is 11.8 Å². The number of methoxy groups -OCH3 is 1. The van der Waals surface area contributed by atoms with Crippen molar-refractivity contribution >= 4 is 11.8 Å². The van der Waals surface area contributed by atoms with Gasteiger partial charge in [-0.2, -0.15) is 0 Å². The number of hydrogen-bond acceptors (Lipinski definition) is 3. The van der Waals surface area contributed by atoms with E-state index in [1.165, 1.54) is 0 Å². The van der Waals surface area contributed by atoms with E-state index in [4.69, 9.17) is 4.74 Å². The standard InChI is InChI=1S/C17H27N3O3/c1-12(2)19-16(21)11-20(4)13(3)17(22)18-10-14-6-8-15(23-5)9-7-14/h6-9,12-13H,10-11H2,1-5H3,(H,18,22)(H,19,21)/p+1/t13-/m1/s1. The summed E-state index contributed by atoms with van der Waals surface area (Å²) in [6.07, 6.45) is 0. The van der Waals surface area contributed by atoms with Gasteiger partial charge >= 0.3 is 0 Å². The number of ether oxygens (including phenoxy) is 1. The third-order valence-electron chi connectivity index (χ3n) is 3.65. The topological polar surface area (TPSA) is 71.9 Å². The fourth-order valence-electron chi connectivity index (χ4n) is 2.09. The van der Waals surface area contributed by atoms with Gasteiger partial charge < -0.3 is 20.3 Å². The van der Waals surface area contributed by atoms with Crippen LogP contribution in [0.5, 0.6) is 5.75 Å². The molecule has 3 N–H and O–H groups in total. The van der Waals surface area contributed by atoms with Crippen molar-refractivity contribution in [1.82, 2.24) is 10.6 Å². The van der Waals surface area contributed by atoms with Crippen LogP contribution in [0.15, 0.2) is 24.3 Å². The molecule has 1 aromatic carbocycles. The van der Waals surface area contributed by atoms with E-state index in [1.807, 2.05) is 52.1 Å². The molecule has 0 saturated heterocycles. The molecule has 128 valence electrons. The largest absolute Gasteiger partial charge is 0.497 e. The highest BCUT2D eigenvalue weighted by atomic mass is 16.5. The normalized spacial score (nSPS) is 13.3. The first-order valence-electron chi connectivity index (χ1n) is 7.85. The Kier molecular flexibility index (Phi) is 7.54. The van der Waals surface area contributed by atoms with Gasteiger partial charge in [-0.1, -0.05) is 12.1 Å². The predicted octanol–water partition coefficient (Wildman–Crippen LogP) is -0.261. The minimum atomic E-state index is -0.300. The lowest BCUT2D eigenvalue weighted by atomic mass is 10.2. The Morgan fingerprint density at radius 3 is 2.30 bits per heavy atom. The van der Waals surface area contributed by atoms with Crippen LogP contribution in [0, 0.1) is 0 Å². The molecule has 6 nitrogen and oxygen atoms in total. The number of carbonyl (C=O) groups is 2. The second kappa shape index (κ2) is 9.15. The highest BCUT2D eigenvalue weighted by Gasteiger charge is 2.23. The SMILES string of the molecule is COc1ccc(CNC(=O)[C@@H](C)[NH+](C)CC(=O)NC(C)C)cc1. The summed E-state index contributed by atoms with van der Waals surface area (Å²) < 4.78 is 5.10. The monoisotopic (exact) mass is 322 g/mol. The Balaban J connectivity index is 2.44. The summed E-state index contributed by atoms with van der Waals surface area (Å²) in [6, 6.07) is 7.35. The Labute approximate surface area is 138 Å². The van der Waals surface area contributed by atoms with Crippen molar-refractivity contribution in [2.45, 2.75) is 39.4 Å². The fourth-order valence-corrected chi connectivity index (χ4v) is 2.09. The second-order valence-electron chi connectivity index (χ2n) is 6.03. The summed E-state index contributed by atoms with van der Waals surface area (Å²) in [7, 11) is 3.46. The maximum atomic E-state index is 12.2. The Morgan fingerprint density at radius 1 is 1.17 bits per heavy atom. The third kappa shape index (κ3) is 6.69. The van der Waals surface area contributed by atoms with Gasteiger partial charge in [-0.05, 0) is 38.5 Å². The molecule has 2 atom stereocenters. The molecular weight excluding hydrogens is 294 g/mol. The number of hydrogen-bond donors (Lipinski definition) is 3. The molecule has 0 aliphatic rings. The van der Waals surface area contributed by atoms with Crippen LogP contribution in [0.25, 0.3) is 0 Å². The van der Waals surface area contributed by atoms with Crippen LogP contribution in [0.4, 0.5) is 0 Å². The number of benzene rings is 1. The van der Waals surface area contributed by atoms with Crippen molar-refractivity contribution in [1.29, 1.82) is 0 Å². The van der Waals surface area contributed by atoms with Gasteiger partial charge in [-0.3, -0.25) is 9.59 Å². The van der Waals surface area contributed by atoms with Gasteiger partial charge in [0.05, 0.1) is 14.2 Å². The van der Waals surface area contributed by atoms with Crippen LogP contribution in [0.3, 0.4) is 0 Å². The summed E-state index contributed by atoms with van der Waals surface area (Å²) in [6.45, 7) is 6.38. The molecule has 0 heterocycles. The van der Waals surface area contributed by atoms with E-state index in [2.05, 4.69) is 10.6 Å². The molecule has 1 unspecified atom stereocenters. The van der Waals surface area contributed by atoms with Crippen molar-refractivity contribution < 1.29 is 19.2 Å². The first kappa shape index (κ1) is 19.0. The smallest absolute Gasteiger partial charge is 0.278 e. The van der Waals surface area contributed by atoms with Gasteiger partial charge in [0.15, 0.2) is 12.6 Å². The Hall–Kier alpha value is -2.08. The molecule has 23 heavy (non-hydrogen) atoms. The minimum absolute atomic E-state index is 0.0488. The third-order valence-corrected chi connectivity index (χ3v) is 3.65. The molecule has 0 spiro atoms. The Bertz CT molecular complexity index is 514. The molecule has 0 aliphatic carbocycles. The summed E-state index contributed by atoms with van der Waals surface area (Å²) in [4.78, 5) is 24.8. The van der Waals surface area contributed by atoms with E-state index in [1.54, 1.807) is 7.11 Å². The maximum absolute atomic E-state index is 12.2. The summed E-state index contributed by atoms with van der Waals surface area (Å²) >= 11 is 0. The fraction of sp³-hybridized carbons (Fsp3) is 0.529. The number of carbonyl (C=O) groups excluding carboxylic acids is 2. The van der Waals surface area contributed by atoms with Crippen LogP contribution >= 0.6 is 0 Å². The molecule has 0 fully saturated rings. The predicted molar refractivity (Wildman–Crippen MR) is 89.3 cm³/mol. The van der Waals surface area contributed by atoms with Crippen molar-refractivity contribution in [2.75, 3.05) is 20.7 Å². The summed E-state index contributed by atoms with van der Waals surface area (Å²) in [5, 5.41) is 5.73. The first-order chi connectivity index (χ1) is 10.8. The maximum Gasteiger partial charge on any atom is 0.278 e. The first-order valence-corrected chi connectivity index (χ1v) is 7.85. The number of quaternary nitrogens is 1. The van der Waals surface area contributed by atoms with E-state index < -0.39 is 0 Å². The lowest BCUT2D eigenvalue weighted by Gasteiger charge is -2.21. The Morgan fingerprint density at radius 2 is 1.78 bits per heavy atom. The minimum Gasteiger partial charge on any atom is -0.497 e. The van der Waals surface area contributed by atoms with Crippen molar-refractivity contribution in [3.05, 3.63) is 29.8 Å². The molecule has 1 rings (SSSR count).